The molecule has 1 heterocycles. The van der Waals surface area contributed by atoms with Gasteiger partial charge in [0.25, 0.3) is 0 Å². The SMILES string of the molecule is CCNC(=O)CN1CCCN(C(=O)/C=C/c2ccc(OC)c(S(=O)(=O)NC)c2)CC1. The largest absolute Gasteiger partial charge is 0.495 e. The van der Waals surface area contributed by atoms with Crippen LogP contribution in [0.15, 0.2) is 29.2 Å². The summed E-state index contributed by atoms with van der Waals surface area (Å²) in [5, 5.41) is 2.78. The van der Waals surface area contributed by atoms with E-state index in [1.807, 2.05) is 11.8 Å². The highest BCUT2D eigenvalue weighted by Gasteiger charge is 2.20. The quantitative estimate of drug-likeness (QED) is 0.565. The van der Waals surface area contributed by atoms with Crippen molar-refractivity contribution in [2.45, 2.75) is 18.2 Å². The molecule has 0 spiro atoms. The lowest BCUT2D eigenvalue weighted by Gasteiger charge is -2.20. The first-order valence-electron chi connectivity index (χ1n) is 9.88. The van der Waals surface area contributed by atoms with Gasteiger partial charge in [-0.15, -0.1) is 0 Å². The molecule has 1 aliphatic heterocycles. The molecule has 166 valence electrons. The van der Waals surface area contributed by atoms with E-state index in [0.717, 1.165) is 13.0 Å². The van der Waals surface area contributed by atoms with Crippen LogP contribution in [0.2, 0.25) is 0 Å². The van der Waals surface area contributed by atoms with Crippen molar-refractivity contribution in [2.75, 3.05) is 53.4 Å². The minimum atomic E-state index is -3.69. The Hall–Kier alpha value is -2.43. The van der Waals surface area contributed by atoms with Gasteiger partial charge >= 0.3 is 0 Å². The number of nitrogens with zero attached hydrogens (tertiary/aromatic N) is 2. The predicted octanol–water partition coefficient (Wildman–Crippen LogP) is 0.287. The zero-order valence-corrected chi connectivity index (χ0v) is 18.5. The first-order chi connectivity index (χ1) is 14.3. The molecule has 1 aliphatic rings. The second-order valence-electron chi connectivity index (χ2n) is 6.86. The van der Waals surface area contributed by atoms with Gasteiger partial charge in [0, 0.05) is 38.8 Å². The van der Waals surface area contributed by atoms with Gasteiger partial charge in [0.15, 0.2) is 0 Å². The Balaban J connectivity index is 2.04. The number of amides is 2. The van der Waals surface area contributed by atoms with Gasteiger partial charge in [-0.2, -0.15) is 0 Å². The van der Waals surface area contributed by atoms with Crippen LogP contribution in [-0.4, -0.2) is 83.5 Å². The average molecular weight is 439 g/mol. The first-order valence-corrected chi connectivity index (χ1v) is 11.4. The fourth-order valence-corrected chi connectivity index (χ4v) is 4.12. The topological polar surface area (TPSA) is 108 Å². The summed E-state index contributed by atoms with van der Waals surface area (Å²) in [6, 6.07) is 4.71. The zero-order chi connectivity index (χ0) is 22.1. The number of carbonyl (C=O) groups excluding carboxylic acids is 2. The van der Waals surface area contributed by atoms with Crippen molar-refractivity contribution in [1.29, 1.82) is 0 Å². The summed E-state index contributed by atoms with van der Waals surface area (Å²) < 4.78 is 31.8. The Bertz CT molecular complexity index is 885. The first kappa shape index (κ1) is 23.8. The number of methoxy groups -OCH3 is 1. The van der Waals surface area contributed by atoms with Crippen LogP contribution in [-0.2, 0) is 19.6 Å². The van der Waals surface area contributed by atoms with Gasteiger partial charge in [0.1, 0.15) is 10.6 Å². The lowest BCUT2D eigenvalue weighted by molar-refractivity contribution is -0.125. The third kappa shape index (κ3) is 6.54. The molecule has 0 atom stereocenters. The van der Waals surface area contributed by atoms with Crippen LogP contribution in [0.1, 0.15) is 18.9 Å². The lowest BCUT2D eigenvalue weighted by atomic mass is 10.2. The Kier molecular flexibility index (Phi) is 8.82. The Labute approximate surface area is 178 Å². The fraction of sp³-hybridized carbons (Fsp3) is 0.500. The minimum Gasteiger partial charge on any atom is -0.495 e. The fourth-order valence-electron chi connectivity index (χ4n) is 3.20. The van der Waals surface area contributed by atoms with Crippen LogP contribution < -0.4 is 14.8 Å². The number of sulfonamides is 1. The van der Waals surface area contributed by atoms with E-state index in [0.29, 0.717) is 38.3 Å². The van der Waals surface area contributed by atoms with Crippen molar-refractivity contribution in [2.24, 2.45) is 0 Å². The van der Waals surface area contributed by atoms with E-state index in [1.54, 1.807) is 23.1 Å². The monoisotopic (exact) mass is 438 g/mol. The maximum Gasteiger partial charge on any atom is 0.246 e. The van der Waals surface area contributed by atoms with Crippen molar-refractivity contribution in [1.82, 2.24) is 19.8 Å². The number of hydrogen-bond donors (Lipinski definition) is 2. The number of nitrogens with one attached hydrogen (secondary N) is 2. The normalized spacial score (nSPS) is 15.8. The highest BCUT2D eigenvalue weighted by Crippen LogP contribution is 2.25. The van der Waals surface area contributed by atoms with E-state index in [1.165, 1.54) is 26.3 Å². The predicted molar refractivity (Wildman–Crippen MR) is 115 cm³/mol. The molecule has 0 radical (unpaired) electrons. The van der Waals surface area contributed by atoms with Crippen LogP contribution in [0.25, 0.3) is 6.08 Å². The molecule has 0 saturated carbocycles. The smallest absolute Gasteiger partial charge is 0.246 e. The number of likely N-dealkylation sites (N-methyl/N-ethyl adjacent to an activating group) is 1. The molecule has 1 aromatic rings. The molecule has 2 rings (SSSR count). The summed E-state index contributed by atoms with van der Waals surface area (Å²) >= 11 is 0. The van der Waals surface area contributed by atoms with Gasteiger partial charge in [0.05, 0.1) is 13.7 Å². The van der Waals surface area contributed by atoms with Gasteiger partial charge in [-0.3, -0.25) is 14.5 Å². The Morgan fingerprint density at radius 2 is 1.97 bits per heavy atom. The van der Waals surface area contributed by atoms with Gasteiger partial charge in [-0.25, -0.2) is 13.1 Å². The number of benzene rings is 1. The molecule has 0 aromatic heterocycles. The van der Waals surface area contributed by atoms with Gasteiger partial charge in [-0.1, -0.05) is 6.07 Å². The second-order valence-corrected chi connectivity index (χ2v) is 8.71. The molecule has 0 unspecified atom stereocenters. The third-order valence-corrected chi connectivity index (χ3v) is 6.24. The Morgan fingerprint density at radius 3 is 2.63 bits per heavy atom. The molecule has 1 fully saturated rings. The number of ether oxygens (including phenoxy) is 1. The summed E-state index contributed by atoms with van der Waals surface area (Å²) in [6.07, 6.45) is 3.82. The van der Waals surface area contributed by atoms with Crippen molar-refractivity contribution < 1.29 is 22.7 Å². The van der Waals surface area contributed by atoms with E-state index < -0.39 is 10.0 Å². The van der Waals surface area contributed by atoms with E-state index in [9.17, 15) is 18.0 Å². The highest BCUT2D eigenvalue weighted by molar-refractivity contribution is 7.89. The Morgan fingerprint density at radius 1 is 1.20 bits per heavy atom. The highest BCUT2D eigenvalue weighted by atomic mass is 32.2. The average Bonchev–Trinajstić information content (AvgIpc) is 2.97. The molecule has 0 aliphatic carbocycles. The zero-order valence-electron chi connectivity index (χ0n) is 17.7. The standard InChI is InChI=1S/C20H30N4O5S/c1-4-22-19(25)15-23-10-5-11-24(13-12-23)20(26)9-7-16-6-8-17(29-3)18(14-16)30(27,28)21-2/h6-9,14,21H,4-5,10-13,15H2,1-3H3,(H,22,25)/b9-7+. The van der Waals surface area contributed by atoms with Gasteiger partial charge < -0.3 is 15.0 Å². The minimum absolute atomic E-state index is 0.0102. The van der Waals surface area contributed by atoms with Crippen LogP contribution in [0, 0.1) is 0 Å². The molecule has 0 bridgehead atoms. The van der Waals surface area contributed by atoms with Crippen LogP contribution >= 0.6 is 0 Å². The molecular weight excluding hydrogens is 408 g/mol. The maximum atomic E-state index is 12.6. The molecule has 10 heteroatoms. The summed E-state index contributed by atoms with van der Waals surface area (Å²) in [6.45, 7) is 5.35. The molecule has 30 heavy (non-hydrogen) atoms. The molecule has 1 saturated heterocycles. The van der Waals surface area contributed by atoms with E-state index in [2.05, 4.69) is 10.0 Å². The second kappa shape index (κ2) is 11.1. The maximum absolute atomic E-state index is 12.6. The number of hydrogen-bond acceptors (Lipinski definition) is 6. The molecule has 9 nitrogen and oxygen atoms in total. The summed E-state index contributed by atoms with van der Waals surface area (Å²) in [5.74, 6) is 0.0697. The van der Waals surface area contributed by atoms with Crippen LogP contribution in [0.4, 0.5) is 0 Å². The molecule has 2 N–H and O–H groups in total. The van der Waals surface area contributed by atoms with Crippen molar-refractivity contribution >= 4 is 27.9 Å². The van der Waals surface area contributed by atoms with Gasteiger partial charge in [0.2, 0.25) is 21.8 Å². The third-order valence-electron chi connectivity index (χ3n) is 4.81. The summed E-state index contributed by atoms with van der Waals surface area (Å²) in [5.41, 5.74) is 0.575. The number of carbonyl (C=O) groups is 2. The lowest BCUT2D eigenvalue weighted by Crippen LogP contribution is -2.39. The van der Waals surface area contributed by atoms with Crippen LogP contribution in [0.5, 0.6) is 5.75 Å². The van der Waals surface area contributed by atoms with Crippen molar-refractivity contribution in [3.8, 4) is 5.75 Å². The van der Waals surface area contributed by atoms with E-state index in [-0.39, 0.29) is 22.5 Å². The molecule has 2 amide bonds. The van der Waals surface area contributed by atoms with Crippen molar-refractivity contribution in [3.05, 3.63) is 29.8 Å². The van der Waals surface area contributed by atoms with E-state index >= 15 is 0 Å². The van der Waals surface area contributed by atoms with Crippen LogP contribution in [0.3, 0.4) is 0 Å². The van der Waals surface area contributed by atoms with Crippen molar-refractivity contribution in [3.63, 3.8) is 0 Å². The molecule has 1 aromatic carbocycles. The van der Waals surface area contributed by atoms with Gasteiger partial charge in [-0.05, 0) is 44.2 Å². The summed E-state index contributed by atoms with van der Waals surface area (Å²) in [7, 11) is -0.961. The molecular formula is C20H30N4O5S. The number of rotatable bonds is 8. The summed E-state index contributed by atoms with van der Waals surface area (Å²) in [4.78, 5) is 28.2. The van der Waals surface area contributed by atoms with E-state index in [4.69, 9.17) is 4.74 Å².